The van der Waals surface area contributed by atoms with Gasteiger partial charge in [-0.25, -0.2) is 0 Å². The van der Waals surface area contributed by atoms with Crippen molar-refractivity contribution >= 4 is 0 Å². The molecule has 2 fully saturated rings. The maximum absolute atomic E-state index is 9.28. The molecule has 102 valence electrons. The minimum absolute atomic E-state index is 0.218. The first kappa shape index (κ1) is 13.8. The summed E-state index contributed by atoms with van der Waals surface area (Å²) in [5, 5.41) is 13.0. The van der Waals surface area contributed by atoms with Crippen molar-refractivity contribution in [1.82, 2.24) is 5.32 Å². The van der Waals surface area contributed by atoms with Gasteiger partial charge in [0.2, 0.25) is 0 Å². The molecule has 3 heteroatoms. The van der Waals surface area contributed by atoms with Crippen LogP contribution >= 0.6 is 0 Å². The van der Waals surface area contributed by atoms with Crippen LogP contribution in [-0.2, 0) is 4.74 Å². The monoisotopic (exact) mass is 250 g/mol. The molecular weight excluding hydrogens is 224 g/mol. The van der Waals surface area contributed by atoms with Crippen molar-refractivity contribution in [3.05, 3.63) is 0 Å². The van der Waals surface area contributed by atoms with Crippen molar-refractivity contribution in [3.63, 3.8) is 0 Å². The molecule has 1 N–H and O–H groups in total. The van der Waals surface area contributed by atoms with Gasteiger partial charge < -0.3 is 10.1 Å². The quantitative estimate of drug-likeness (QED) is 0.783. The van der Waals surface area contributed by atoms with Crippen LogP contribution in [0.5, 0.6) is 0 Å². The molecule has 1 aliphatic heterocycles. The van der Waals surface area contributed by atoms with Gasteiger partial charge in [0.15, 0.2) is 0 Å². The normalized spacial score (nSPS) is 32.4. The van der Waals surface area contributed by atoms with E-state index < -0.39 is 0 Å². The van der Waals surface area contributed by atoms with Crippen molar-refractivity contribution in [1.29, 1.82) is 5.26 Å². The summed E-state index contributed by atoms with van der Waals surface area (Å²) < 4.78 is 5.44. The molecule has 1 heterocycles. The van der Waals surface area contributed by atoms with E-state index in [-0.39, 0.29) is 5.92 Å². The SMILES string of the molecule is CC1(CNC2CCCCCC2C#N)CCOCC1. The van der Waals surface area contributed by atoms with E-state index in [2.05, 4.69) is 18.3 Å². The number of ether oxygens (including phenoxy) is 1. The molecule has 0 amide bonds. The number of nitriles is 1. The number of nitrogens with one attached hydrogen (secondary N) is 1. The van der Waals surface area contributed by atoms with E-state index in [0.29, 0.717) is 11.5 Å². The van der Waals surface area contributed by atoms with Gasteiger partial charge in [0.25, 0.3) is 0 Å². The smallest absolute Gasteiger partial charge is 0.0672 e. The van der Waals surface area contributed by atoms with Crippen molar-refractivity contribution in [2.45, 2.75) is 57.9 Å². The van der Waals surface area contributed by atoms with Crippen LogP contribution in [0.15, 0.2) is 0 Å². The van der Waals surface area contributed by atoms with E-state index in [0.717, 1.165) is 39.0 Å². The lowest BCUT2D eigenvalue weighted by Gasteiger charge is -2.35. The maximum Gasteiger partial charge on any atom is 0.0672 e. The van der Waals surface area contributed by atoms with Crippen LogP contribution in [0, 0.1) is 22.7 Å². The predicted octanol–water partition coefficient (Wildman–Crippen LogP) is 2.87. The summed E-state index contributed by atoms with van der Waals surface area (Å²) in [6, 6.07) is 2.92. The van der Waals surface area contributed by atoms with E-state index >= 15 is 0 Å². The van der Waals surface area contributed by atoms with Crippen LogP contribution in [0.25, 0.3) is 0 Å². The molecule has 1 saturated heterocycles. The highest BCUT2D eigenvalue weighted by atomic mass is 16.5. The Morgan fingerprint density at radius 3 is 2.67 bits per heavy atom. The Bertz CT molecular complexity index is 291. The van der Waals surface area contributed by atoms with Gasteiger partial charge in [-0.3, -0.25) is 0 Å². The van der Waals surface area contributed by atoms with Gasteiger partial charge in [0.05, 0.1) is 12.0 Å². The van der Waals surface area contributed by atoms with Crippen LogP contribution in [0.3, 0.4) is 0 Å². The van der Waals surface area contributed by atoms with Crippen LogP contribution in [0.4, 0.5) is 0 Å². The summed E-state index contributed by atoms with van der Waals surface area (Å²) in [5.41, 5.74) is 0.366. The van der Waals surface area contributed by atoms with E-state index in [4.69, 9.17) is 4.74 Å². The second kappa shape index (κ2) is 6.54. The van der Waals surface area contributed by atoms with Gasteiger partial charge >= 0.3 is 0 Å². The van der Waals surface area contributed by atoms with E-state index in [1.54, 1.807) is 0 Å². The summed E-state index contributed by atoms with van der Waals surface area (Å²) >= 11 is 0. The molecule has 2 rings (SSSR count). The lowest BCUT2D eigenvalue weighted by molar-refractivity contribution is 0.0222. The van der Waals surface area contributed by atoms with Gasteiger partial charge in [-0.2, -0.15) is 5.26 Å². The topological polar surface area (TPSA) is 45.0 Å². The van der Waals surface area contributed by atoms with E-state index in [1.165, 1.54) is 25.7 Å². The van der Waals surface area contributed by atoms with Crippen LogP contribution in [0.1, 0.15) is 51.9 Å². The molecule has 3 nitrogen and oxygen atoms in total. The fourth-order valence-electron chi connectivity index (χ4n) is 3.12. The number of hydrogen-bond donors (Lipinski definition) is 1. The number of rotatable bonds is 3. The molecule has 0 aromatic carbocycles. The summed E-state index contributed by atoms with van der Waals surface area (Å²) in [7, 11) is 0. The first-order valence-corrected chi connectivity index (χ1v) is 7.44. The predicted molar refractivity (Wildman–Crippen MR) is 72.1 cm³/mol. The van der Waals surface area contributed by atoms with Crippen molar-refractivity contribution in [3.8, 4) is 6.07 Å². The minimum Gasteiger partial charge on any atom is -0.381 e. The maximum atomic E-state index is 9.28. The molecule has 18 heavy (non-hydrogen) atoms. The minimum atomic E-state index is 0.218. The van der Waals surface area contributed by atoms with Gasteiger partial charge in [0.1, 0.15) is 0 Å². The highest BCUT2D eigenvalue weighted by molar-refractivity contribution is 4.94. The fraction of sp³-hybridized carbons (Fsp3) is 0.933. The Morgan fingerprint density at radius 2 is 1.94 bits per heavy atom. The average Bonchev–Trinajstić information content (AvgIpc) is 2.62. The number of hydrogen-bond acceptors (Lipinski definition) is 3. The Hall–Kier alpha value is -0.590. The standard InChI is InChI=1S/C15H26N2O/c1-15(7-9-18-10-8-15)12-17-14-6-4-2-3-5-13(14)11-16/h13-14,17H,2-10,12H2,1H3. The second-order valence-corrected chi connectivity index (χ2v) is 6.28. The van der Waals surface area contributed by atoms with Gasteiger partial charge in [-0.05, 0) is 31.1 Å². The zero-order valence-electron chi connectivity index (χ0n) is 11.6. The molecule has 2 atom stereocenters. The summed E-state index contributed by atoms with van der Waals surface area (Å²) in [5.74, 6) is 0.218. The summed E-state index contributed by atoms with van der Waals surface area (Å²) in [4.78, 5) is 0. The molecule has 1 aliphatic carbocycles. The molecule has 2 aliphatic rings. The van der Waals surface area contributed by atoms with Crippen LogP contribution in [0.2, 0.25) is 0 Å². The third kappa shape index (κ3) is 3.70. The molecule has 2 unspecified atom stereocenters. The fourth-order valence-corrected chi connectivity index (χ4v) is 3.12. The molecular formula is C15H26N2O. The van der Waals surface area contributed by atoms with Crippen molar-refractivity contribution in [2.24, 2.45) is 11.3 Å². The van der Waals surface area contributed by atoms with Gasteiger partial charge in [0, 0.05) is 25.8 Å². The Balaban J connectivity index is 1.85. The van der Waals surface area contributed by atoms with Gasteiger partial charge in [-0.1, -0.05) is 26.2 Å². The van der Waals surface area contributed by atoms with Crippen molar-refractivity contribution in [2.75, 3.05) is 19.8 Å². The first-order chi connectivity index (χ1) is 8.73. The molecule has 0 spiro atoms. The highest BCUT2D eigenvalue weighted by Gasteiger charge is 2.30. The van der Waals surface area contributed by atoms with E-state index in [1.807, 2.05) is 0 Å². The van der Waals surface area contributed by atoms with Crippen LogP contribution < -0.4 is 5.32 Å². The lowest BCUT2D eigenvalue weighted by Crippen LogP contribution is -2.43. The molecule has 0 radical (unpaired) electrons. The second-order valence-electron chi connectivity index (χ2n) is 6.28. The van der Waals surface area contributed by atoms with E-state index in [9.17, 15) is 5.26 Å². The molecule has 1 saturated carbocycles. The third-order valence-corrected chi connectivity index (χ3v) is 4.67. The lowest BCUT2D eigenvalue weighted by atomic mass is 9.81. The average molecular weight is 250 g/mol. The highest BCUT2D eigenvalue weighted by Crippen LogP contribution is 2.30. The third-order valence-electron chi connectivity index (χ3n) is 4.67. The molecule has 0 aromatic heterocycles. The summed E-state index contributed by atoms with van der Waals surface area (Å²) in [6.45, 7) is 5.18. The summed E-state index contributed by atoms with van der Waals surface area (Å²) in [6.07, 6.45) is 8.32. The Morgan fingerprint density at radius 1 is 1.22 bits per heavy atom. The Kier molecular flexibility index (Phi) is 5.03. The first-order valence-electron chi connectivity index (χ1n) is 7.44. The molecule has 0 aromatic rings. The Labute approximate surface area is 111 Å². The van der Waals surface area contributed by atoms with Gasteiger partial charge in [-0.15, -0.1) is 0 Å². The molecule has 0 bridgehead atoms. The largest absolute Gasteiger partial charge is 0.381 e. The zero-order valence-corrected chi connectivity index (χ0v) is 11.6. The van der Waals surface area contributed by atoms with Crippen molar-refractivity contribution < 1.29 is 4.74 Å². The number of nitrogens with zero attached hydrogens (tertiary/aromatic N) is 1. The van der Waals surface area contributed by atoms with Crippen LogP contribution in [-0.4, -0.2) is 25.8 Å². The zero-order chi connectivity index (χ0) is 12.8.